The van der Waals surface area contributed by atoms with Gasteiger partial charge in [-0.15, -0.1) is 12.4 Å². The highest BCUT2D eigenvalue weighted by Gasteiger charge is 2.30. The number of carboxylic acid groups (broad SMARTS) is 1. The van der Waals surface area contributed by atoms with Crippen LogP contribution in [-0.2, 0) is 24.1 Å². The molecule has 2 aromatic rings. The third-order valence-electron chi connectivity index (χ3n) is 3.79. The van der Waals surface area contributed by atoms with Crippen LogP contribution in [0.25, 0.3) is 10.9 Å². The number of hydrogen-bond acceptors (Lipinski definition) is 2. The van der Waals surface area contributed by atoms with E-state index in [1.54, 1.807) is 0 Å². The molecule has 0 saturated carbocycles. The van der Waals surface area contributed by atoms with Gasteiger partial charge in [-0.25, -0.2) is 0 Å². The van der Waals surface area contributed by atoms with Crippen molar-refractivity contribution in [2.75, 3.05) is 0 Å². The van der Waals surface area contributed by atoms with Crippen LogP contribution in [0.4, 0.5) is 0 Å². The van der Waals surface area contributed by atoms with E-state index in [-0.39, 0.29) is 18.3 Å². The Morgan fingerprint density at radius 1 is 1.37 bits per heavy atom. The predicted molar refractivity (Wildman–Crippen MR) is 76.9 cm³/mol. The molecule has 1 atom stereocenters. The highest BCUT2D eigenvalue weighted by Crippen LogP contribution is 2.33. The van der Waals surface area contributed by atoms with Crippen LogP contribution < -0.4 is 0 Å². The van der Waals surface area contributed by atoms with Crippen LogP contribution in [-0.4, -0.2) is 16.1 Å². The first kappa shape index (κ1) is 13.8. The summed E-state index contributed by atoms with van der Waals surface area (Å²) < 4.78 is 0. The Labute approximate surface area is 118 Å². The number of carbonyl (C=O) groups is 1. The van der Waals surface area contributed by atoms with Crippen LogP contribution in [0.15, 0.2) is 24.3 Å². The number of halogens is 1. The first-order valence-corrected chi connectivity index (χ1v) is 6.33. The maximum Gasteiger partial charge on any atom is 0.307 e. The second-order valence-electron chi connectivity index (χ2n) is 4.83. The number of rotatable bonds is 2. The van der Waals surface area contributed by atoms with Gasteiger partial charge in [0.25, 0.3) is 0 Å². The number of para-hydroxylation sites is 1. The van der Waals surface area contributed by atoms with E-state index in [1.165, 1.54) is 16.5 Å². The lowest BCUT2D eigenvalue weighted by Gasteiger charge is -2.10. The number of aliphatic carboxylic acids is 1. The molecule has 0 amide bonds. The molecule has 0 bridgehead atoms. The van der Waals surface area contributed by atoms with E-state index in [9.17, 15) is 4.79 Å². The summed E-state index contributed by atoms with van der Waals surface area (Å²) >= 11 is 0. The van der Waals surface area contributed by atoms with E-state index in [2.05, 4.69) is 18.0 Å². The van der Waals surface area contributed by atoms with E-state index in [4.69, 9.17) is 5.11 Å². The van der Waals surface area contributed by atoms with E-state index >= 15 is 0 Å². The Balaban J connectivity index is 0.00000133. The average Bonchev–Trinajstić information content (AvgIpc) is 2.79. The Hall–Kier alpha value is -1.61. The lowest BCUT2D eigenvalue weighted by atomic mass is 9.98. The minimum absolute atomic E-state index is 0. The number of hydrogen-bond donors (Lipinski definition) is 1. The summed E-state index contributed by atoms with van der Waals surface area (Å²) in [6.45, 7) is 2.12. The summed E-state index contributed by atoms with van der Waals surface area (Å²) in [5, 5.41) is 10.3. The number of carboxylic acids is 1. The summed E-state index contributed by atoms with van der Waals surface area (Å²) in [7, 11) is 0. The first-order valence-electron chi connectivity index (χ1n) is 6.33. The van der Waals surface area contributed by atoms with Gasteiger partial charge in [0.2, 0.25) is 0 Å². The SMILES string of the molecule is CCc1c2c(nc3ccccc13)CC(C(=O)O)C2.Cl. The molecule has 3 nitrogen and oxygen atoms in total. The standard InChI is InChI=1S/C15H15NO2.ClH/c1-2-10-11-5-3-4-6-13(11)16-14-8-9(15(17)18)7-12(10)14;/h3-6,9H,2,7-8H2,1H3,(H,17,18);1H. The van der Waals surface area contributed by atoms with E-state index in [0.29, 0.717) is 12.8 Å². The predicted octanol–water partition coefficient (Wildman–Crippen LogP) is 3.02. The van der Waals surface area contributed by atoms with Gasteiger partial charge >= 0.3 is 5.97 Å². The first-order chi connectivity index (χ1) is 8.70. The number of pyridine rings is 1. The molecular formula is C15H16ClNO2. The zero-order valence-corrected chi connectivity index (χ0v) is 11.5. The molecule has 1 aliphatic carbocycles. The summed E-state index contributed by atoms with van der Waals surface area (Å²) in [6, 6.07) is 8.07. The Morgan fingerprint density at radius 2 is 2.11 bits per heavy atom. The highest BCUT2D eigenvalue weighted by atomic mass is 35.5. The third kappa shape index (κ3) is 2.19. The maximum absolute atomic E-state index is 11.1. The minimum Gasteiger partial charge on any atom is -0.481 e. The average molecular weight is 278 g/mol. The van der Waals surface area contributed by atoms with Crippen molar-refractivity contribution in [3.05, 3.63) is 41.1 Å². The molecule has 1 aliphatic rings. The molecule has 1 unspecified atom stereocenters. The largest absolute Gasteiger partial charge is 0.481 e. The topological polar surface area (TPSA) is 50.2 Å². The van der Waals surface area contributed by atoms with Crippen molar-refractivity contribution < 1.29 is 9.90 Å². The van der Waals surface area contributed by atoms with Gasteiger partial charge in [0.1, 0.15) is 0 Å². The molecule has 100 valence electrons. The molecule has 0 aliphatic heterocycles. The summed E-state index contributed by atoms with van der Waals surface area (Å²) in [5.41, 5.74) is 4.42. The van der Waals surface area contributed by atoms with Crippen LogP contribution in [0.5, 0.6) is 0 Å². The fourth-order valence-corrected chi connectivity index (χ4v) is 2.92. The van der Waals surface area contributed by atoms with Crippen molar-refractivity contribution in [1.82, 2.24) is 4.98 Å². The van der Waals surface area contributed by atoms with Crippen LogP contribution in [0.1, 0.15) is 23.7 Å². The second kappa shape index (κ2) is 5.17. The zero-order valence-electron chi connectivity index (χ0n) is 10.7. The molecule has 0 fully saturated rings. The molecule has 4 heteroatoms. The Bertz CT molecular complexity index is 639. The van der Waals surface area contributed by atoms with Crippen LogP contribution in [0, 0.1) is 5.92 Å². The maximum atomic E-state index is 11.1. The third-order valence-corrected chi connectivity index (χ3v) is 3.79. The van der Waals surface area contributed by atoms with Crippen molar-refractivity contribution in [2.24, 2.45) is 5.92 Å². The van der Waals surface area contributed by atoms with Crippen LogP contribution in [0.3, 0.4) is 0 Å². The molecule has 1 aromatic heterocycles. The van der Waals surface area contributed by atoms with Gasteiger partial charge in [-0.05, 0) is 30.0 Å². The molecule has 0 saturated heterocycles. The summed E-state index contributed by atoms with van der Waals surface area (Å²) in [6.07, 6.45) is 2.13. The molecular weight excluding hydrogens is 262 g/mol. The minimum atomic E-state index is -0.709. The quantitative estimate of drug-likeness (QED) is 0.918. The van der Waals surface area contributed by atoms with Crippen molar-refractivity contribution in [1.29, 1.82) is 0 Å². The molecule has 19 heavy (non-hydrogen) atoms. The van der Waals surface area contributed by atoms with Crippen molar-refractivity contribution in [3.63, 3.8) is 0 Å². The van der Waals surface area contributed by atoms with Crippen molar-refractivity contribution >= 4 is 29.3 Å². The van der Waals surface area contributed by atoms with Crippen molar-refractivity contribution in [2.45, 2.75) is 26.2 Å². The monoisotopic (exact) mass is 277 g/mol. The van der Waals surface area contributed by atoms with Crippen LogP contribution in [0.2, 0.25) is 0 Å². The van der Waals surface area contributed by atoms with Crippen molar-refractivity contribution in [3.8, 4) is 0 Å². The number of benzene rings is 1. The Morgan fingerprint density at radius 3 is 2.79 bits per heavy atom. The summed E-state index contributed by atoms with van der Waals surface area (Å²) in [4.78, 5) is 15.8. The van der Waals surface area contributed by atoms with Gasteiger partial charge in [-0.3, -0.25) is 9.78 Å². The fraction of sp³-hybridized carbons (Fsp3) is 0.333. The van der Waals surface area contributed by atoms with E-state index in [1.807, 2.05) is 18.2 Å². The van der Waals surface area contributed by atoms with Gasteiger partial charge in [0.15, 0.2) is 0 Å². The number of aromatic nitrogens is 1. The normalized spacial score (nSPS) is 17.0. The van der Waals surface area contributed by atoms with E-state index < -0.39 is 5.97 Å². The number of fused-ring (bicyclic) bond motifs is 2. The smallest absolute Gasteiger partial charge is 0.307 e. The number of nitrogens with zero attached hydrogens (tertiary/aromatic N) is 1. The van der Waals surface area contributed by atoms with Gasteiger partial charge in [0.05, 0.1) is 11.4 Å². The molecule has 0 spiro atoms. The molecule has 0 radical (unpaired) electrons. The lowest BCUT2D eigenvalue weighted by molar-refractivity contribution is -0.141. The van der Waals surface area contributed by atoms with Crippen LogP contribution >= 0.6 is 12.4 Å². The van der Waals surface area contributed by atoms with Gasteiger partial charge in [-0.1, -0.05) is 25.1 Å². The van der Waals surface area contributed by atoms with E-state index in [0.717, 1.165) is 17.6 Å². The van der Waals surface area contributed by atoms with Gasteiger partial charge in [0, 0.05) is 17.5 Å². The van der Waals surface area contributed by atoms with Gasteiger partial charge < -0.3 is 5.11 Å². The zero-order chi connectivity index (χ0) is 12.7. The summed E-state index contributed by atoms with van der Waals surface area (Å²) in [5.74, 6) is -1.01. The second-order valence-corrected chi connectivity index (χ2v) is 4.83. The lowest BCUT2D eigenvalue weighted by Crippen LogP contribution is -2.13. The molecule has 3 rings (SSSR count). The fourth-order valence-electron chi connectivity index (χ4n) is 2.92. The Kier molecular flexibility index (Phi) is 3.76. The molecule has 1 N–H and O–H groups in total. The highest BCUT2D eigenvalue weighted by molar-refractivity contribution is 5.85. The molecule has 1 aromatic carbocycles. The number of aryl methyl sites for hydroxylation is 1. The van der Waals surface area contributed by atoms with Gasteiger partial charge in [-0.2, -0.15) is 0 Å². The molecule has 1 heterocycles.